The number of urea groups is 1. The van der Waals surface area contributed by atoms with Gasteiger partial charge >= 0.3 is 12.0 Å². The number of benzene rings is 2. The molecule has 2 aromatic rings. The van der Waals surface area contributed by atoms with Gasteiger partial charge in [0.05, 0.1) is 37.8 Å². The molecule has 172 valence electrons. The lowest BCUT2D eigenvalue weighted by molar-refractivity contribution is 0.0501. The molecule has 8 nitrogen and oxygen atoms in total. The molecule has 1 saturated heterocycles. The Bertz CT molecular complexity index is 926. The van der Waals surface area contributed by atoms with E-state index >= 15 is 0 Å². The van der Waals surface area contributed by atoms with Crippen LogP contribution in [0.1, 0.15) is 30.1 Å². The van der Waals surface area contributed by atoms with Crippen LogP contribution < -0.4 is 19.7 Å². The lowest BCUT2D eigenvalue weighted by Gasteiger charge is -2.36. The maximum absolute atomic E-state index is 12.9. The molecule has 0 spiro atoms. The quantitative estimate of drug-likeness (QED) is 0.492. The molecule has 1 N–H and O–H groups in total. The van der Waals surface area contributed by atoms with Gasteiger partial charge in [0.1, 0.15) is 11.5 Å². The van der Waals surface area contributed by atoms with Crippen LogP contribution >= 0.6 is 0 Å². The van der Waals surface area contributed by atoms with Gasteiger partial charge in [-0.05, 0) is 30.7 Å². The fourth-order valence-corrected chi connectivity index (χ4v) is 3.55. The first-order valence-electron chi connectivity index (χ1n) is 10.9. The molecule has 2 amide bonds. The highest BCUT2D eigenvalue weighted by Crippen LogP contribution is 2.32. The number of unbranched alkanes of at least 4 members (excludes halogenated alkanes) is 1. The highest BCUT2D eigenvalue weighted by Gasteiger charge is 2.24. The Morgan fingerprint density at radius 2 is 1.75 bits per heavy atom. The molecule has 2 aromatic carbocycles. The molecular weight excluding hydrogens is 410 g/mol. The van der Waals surface area contributed by atoms with E-state index in [0.717, 1.165) is 30.0 Å². The number of rotatable bonds is 8. The second-order valence-corrected chi connectivity index (χ2v) is 7.48. The first-order valence-corrected chi connectivity index (χ1v) is 10.9. The molecule has 1 fully saturated rings. The van der Waals surface area contributed by atoms with E-state index in [1.807, 2.05) is 25.1 Å². The number of nitrogens with one attached hydrogen (secondary N) is 1. The molecule has 0 radical (unpaired) electrons. The van der Waals surface area contributed by atoms with Crippen LogP contribution in [0.15, 0.2) is 42.5 Å². The molecule has 8 heteroatoms. The highest BCUT2D eigenvalue weighted by molar-refractivity contribution is 6.00. The van der Waals surface area contributed by atoms with Gasteiger partial charge in [0.2, 0.25) is 0 Å². The number of hydrogen-bond acceptors (Lipinski definition) is 6. The van der Waals surface area contributed by atoms with Crippen molar-refractivity contribution in [1.82, 2.24) is 4.90 Å². The van der Waals surface area contributed by atoms with Gasteiger partial charge in [-0.25, -0.2) is 9.59 Å². The molecule has 1 aliphatic rings. The van der Waals surface area contributed by atoms with E-state index in [1.165, 1.54) is 0 Å². The number of anilines is 2. The van der Waals surface area contributed by atoms with Gasteiger partial charge in [-0.15, -0.1) is 0 Å². The summed E-state index contributed by atoms with van der Waals surface area (Å²) in [7, 11) is 3.25. The first kappa shape index (κ1) is 23.2. The number of hydrogen-bond donors (Lipinski definition) is 1. The van der Waals surface area contributed by atoms with Gasteiger partial charge in [0.25, 0.3) is 0 Å². The van der Waals surface area contributed by atoms with Crippen molar-refractivity contribution in [2.24, 2.45) is 0 Å². The maximum Gasteiger partial charge on any atom is 0.340 e. The standard InChI is InChI=1S/C24H31N3O5/c1-4-5-16-32-23(28)19-8-6-7-9-20(19)25-24(29)27-14-12-26(13-15-27)21-11-10-18(30-2)17-22(21)31-3/h6-11,17H,4-5,12-16H2,1-3H3,(H,25,29). The summed E-state index contributed by atoms with van der Waals surface area (Å²) in [4.78, 5) is 29.2. The van der Waals surface area contributed by atoms with Gasteiger partial charge in [-0.1, -0.05) is 25.5 Å². The largest absolute Gasteiger partial charge is 0.497 e. The average molecular weight is 442 g/mol. The Balaban J connectivity index is 1.60. The summed E-state index contributed by atoms with van der Waals surface area (Å²) >= 11 is 0. The molecule has 0 atom stereocenters. The van der Waals surface area contributed by atoms with E-state index in [2.05, 4.69) is 10.2 Å². The van der Waals surface area contributed by atoms with E-state index in [0.29, 0.717) is 44.0 Å². The van der Waals surface area contributed by atoms with E-state index in [9.17, 15) is 9.59 Å². The average Bonchev–Trinajstić information content (AvgIpc) is 2.84. The molecule has 0 unspecified atom stereocenters. The van der Waals surface area contributed by atoms with Crippen LogP contribution in [0.4, 0.5) is 16.2 Å². The predicted octanol–water partition coefficient (Wildman–Crippen LogP) is 4.01. The Morgan fingerprint density at radius 3 is 2.44 bits per heavy atom. The van der Waals surface area contributed by atoms with Gasteiger partial charge in [-0.3, -0.25) is 0 Å². The van der Waals surface area contributed by atoms with Crippen molar-refractivity contribution < 1.29 is 23.8 Å². The SMILES string of the molecule is CCCCOC(=O)c1ccccc1NC(=O)N1CCN(c2ccc(OC)cc2OC)CC1. The number of methoxy groups -OCH3 is 2. The number of esters is 1. The second kappa shape index (κ2) is 11.3. The zero-order chi connectivity index (χ0) is 22.9. The zero-order valence-corrected chi connectivity index (χ0v) is 18.9. The molecule has 32 heavy (non-hydrogen) atoms. The van der Waals surface area contributed by atoms with Gasteiger partial charge < -0.3 is 29.3 Å². The Labute approximate surface area is 189 Å². The van der Waals surface area contributed by atoms with E-state index in [1.54, 1.807) is 43.4 Å². The molecule has 0 saturated carbocycles. The topological polar surface area (TPSA) is 80.3 Å². The predicted molar refractivity (Wildman–Crippen MR) is 124 cm³/mol. The van der Waals surface area contributed by atoms with E-state index < -0.39 is 5.97 Å². The zero-order valence-electron chi connectivity index (χ0n) is 18.9. The molecular formula is C24H31N3O5. The molecule has 1 aliphatic heterocycles. The normalized spacial score (nSPS) is 13.5. The Morgan fingerprint density at radius 1 is 1.00 bits per heavy atom. The highest BCUT2D eigenvalue weighted by atomic mass is 16.5. The third-order valence-corrected chi connectivity index (χ3v) is 5.41. The molecule has 0 bridgehead atoms. The minimum absolute atomic E-state index is 0.236. The van der Waals surface area contributed by atoms with Gasteiger partial charge in [0.15, 0.2) is 0 Å². The summed E-state index contributed by atoms with van der Waals surface area (Å²) in [5.74, 6) is 1.04. The van der Waals surface area contributed by atoms with Crippen molar-refractivity contribution in [3.8, 4) is 11.5 Å². The minimum Gasteiger partial charge on any atom is -0.497 e. The number of amides is 2. The monoisotopic (exact) mass is 441 g/mol. The number of carbonyl (C=O) groups is 2. The van der Waals surface area contributed by atoms with Crippen LogP contribution in [-0.2, 0) is 4.74 Å². The maximum atomic E-state index is 12.9. The molecule has 0 aliphatic carbocycles. The van der Waals surface area contributed by atoms with Crippen LogP contribution in [0.3, 0.4) is 0 Å². The summed E-state index contributed by atoms with van der Waals surface area (Å²) < 4.78 is 16.1. The Kier molecular flexibility index (Phi) is 8.19. The van der Waals surface area contributed by atoms with Crippen molar-refractivity contribution in [3.05, 3.63) is 48.0 Å². The van der Waals surface area contributed by atoms with Crippen molar-refractivity contribution >= 4 is 23.4 Å². The summed E-state index contributed by atoms with van der Waals surface area (Å²) in [6, 6.07) is 12.4. The summed E-state index contributed by atoms with van der Waals surface area (Å²) in [6.45, 7) is 4.82. The van der Waals surface area contributed by atoms with Gasteiger partial charge in [-0.2, -0.15) is 0 Å². The van der Waals surface area contributed by atoms with Crippen LogP contribution in [0.25, 0.3) is 0 Å². The number of piperazine rings is 1. The Hall–Kier alpha value is -3.42. The fourth-order valence-electron chi connectivity index (χ4n) is 3.55. The number of carbonyl (C=O) groups excluding carboxylic acids is 2. The van der Waals surface area contributed by atoms with Crippen LogP contribution in [0.5, 0.6) is 11.5 Å². The molecule has 3 rings (SSSR count). The number of para-hydroxylation sites is 1. The smallest absolute Gasteiger partial charge is 0.340 e. The van der Waals surface area contributed by atoms with Crippen LogP contribution in [0, 0.1) is 0 Å². The van der Waals surface area contributed by atoms with E-state index in [4.69, 9.17) is 14.2 Å². The summed E-state index contributed by atoms with van der Waals surface area (Å²) in [5, 5.41) is 2.87. The number of nitrogens with zero attached hydrogens (tertiary/aromatic N) is 2. The first-order chi connectivity index (χ1) is 15.6. The third-order valence-electron chi connectivity index (χ3n) is 5.41. The second-order valence-electron chi connectivity index (χ2n) is 7.48. The van der Waals surface area contributed by atoms with Crippen molar-refractivity contribution in [2.45, 2.75) is 19.8 Å². The lowest BCUT2D eigenvalue weighted by Crippen LogP contribution is -2.50. The fraction of sp³-hybridized carbons (Fsp3) is 0.417. The van der Waals surface area contributed by atoms with Crippen molar-refractivity contribution in [3.63, 3.8) is 0 Å². The summed E-state index contributed by atoms with van der Waals surface area (Å²) in [6.07, 6.45) is 1.75. The van der Waals surface area contributed by atoms with Gasteiger partial charge in [0, 0.05) is 32.2 Å². The van der Waals surface area contributed by atoms with Crippen LogP contribution in [0.2, 0.25) is 0 Å². The van der Waals surface area contributed by atoms with Crippen molar-refractivity contribution in [1.29, 1.82) is 0 Å². The van der Waals surface area contributed by atoms with E-state index in [-0.39, 0.29) is 6.03 Å². The number of ether oxygens (including phenoxy) is 3. The molecule has 0 aromatic heterocycles. The minimum atomic E-state index is -0.425. The molecule has 1 heterocycles. The van der Waals surface area contributed by atoms with Crippen LogP contribution in [-0.4, -0.2) is 63.9 Å². The lowest BCUT2D eigenvalue weighted by atomic mass is 10.2. The summed E-state index contributed by atoms with van der Waals surface area (Å²) in [5.41, 5.74) is 1.78. The third kappa shape index (κ3) is 5.63. The van der Waals surface area contributed by atoms with Crippen molar-refractivity contribution in [2.75, 3.05) is 57.2 Å².